The van der Waals surface area contributed by atoms with Gasteiger partial charge in [-0.1, -0.05) is 11.8 Å². The molecular weight excluding hydrogens is 372 g/mol. The zero-order chi connectivity index (χ0) is 20.0. The van der Waals surface area contributed by atoms with E-state index in [4.69, 9.17) is 15.9 Å². The molecule has 9 heteroatoms. The monoisotopic (exact) mass is 392 g/mol. The fourth-order valence-electron chi connectivity index (χ4n) is 2.80. The molecule has 1 aromatic rings. The lowest BCUT2D eigenvalue weighted by molar-refractivity contribution is -0.135. The van der Waals surface area contributed by atoms with Gasteiger partial charge in [-0.25, -0.2) is 13.2 Å². The summed E-state index contributed by atoms with van der Waals surface area (Å²) in [5, 5.41) is 8.44. The van der Waals surface area contributed by atoms with Crippen molar-refractivity contribution in [2.24, 2.45) is 5.92 Å². The van der Waals surface area contributed by atoms with E-state index in [-0.39, 0.29) is 38.0 Å². The largest absolute Gasteiger partial charge is 0.475 e. The number of sulfonamides is 1. The molecule has 0 atom stereocenters. The van der Waals surface area contributed by atoms with Gasteiger partial charge in [0.2, 0.25) is 16.8 Å². The molecule has 1 aromatic heterocycles. The van der Waals surface area contributed by atoms with Crippen LogP contribution in [0.1, 0.15) is 30.3 Å². The van der Waals surface area contributed by atoms with Gasteiger partial charge in [-0.3, -0.25) is 4.79 Å². The van der Waals surface area contributed by atoms with Gasteiger partial charge in [0.25, 0.3) is 10.0 Å². The van der Waals surface area contributed by atoms with Gasteiger partial charge in [-0.15, -0.1) is 12.3 Å². The van der Waals surface area contributed by atoms with Crippen LogP contribution in [-0.4, -0.2) is 60.8 Å². The quantitative estimate of drug-likeness (QED) is 0.720. The van der Waals surface area contributed by atoms with E-state index in [0.29, 0.717) is 12.8 Å². The van der Waals surface area contributed by atoms with E-state index in [1.54, 1.807) is 6.92 Å². The van der Waals surface area contributed by atoms with Crippen molar-refractivity contribution in [1.82, 2.24) is 9.21 Å². The first-order valence-corrected chi connectivity index (χ1v) is 9.70. The Labute approximate surface area is 158 Å². The Morgan fingerprint density at radius 1 is 1.33 bits per heavy atom. The van der Waals surface area contributed by atoms with Crippen molar-refractivity contribution in [2.45, 2.75) is 24.9 Å². The molecule has 1 N–H and O–H groups in total. The highest BCUT2D eigenvalue weighted by Gasteiger charge is 2.35. The summed E-state index contributed by atoms with van der Waals surface area (Å²) in [6.45, 7) is 2.32. The summed E-state index contributed by atoms with van der Waals surface area (Å²) < 4.78 is 31.3. The zero-order valence-electron chi connectivity index (χ0n) is 14.8. The first kappa shape index (κ1) is 20.6. The number of terminal acetylenes is 1. The number of amides is 1. The van der Waals surface area contributed by atoms with E-state index in [9.17, 15) is 18.0 Å². The number of carbonyl (C=O) groups is 2. The average molecular weight is 392 g/mol. The normalized spacial score (nSPS) is 15.4. The SMILES string of the molecule is C#CCN(CC#CC)C(=O)C1CCN(S(=O)(=O)c2ccc(C(=O)O)o2)CC1. The number of carbonyl (C=O) groups excluding carboxylic acids is 1. The summed E-state index contributed by atoms with van der Waals surface area (Å²) in [6.07, 6.45) is 5.98. The molecule has 0 radical (unpaired) electrons. The number of nitrogens with zero attached hydrogens (tertiary/aromatic N) is 2. The minimum Gasteiger partial charge on any atom is -0.475 e. The Hall–Kier alpha value is -2.75. The highest BCUT2D eigenvalue weighted by Crippen LogP contribution is 2.26. The second-order valence-electron chi connectivity index (χ2n) is 5.93. The van der Waals surface area contributed by atoms with Crippen LogP contribution in [0, 0.1) is 30.1 Å². The molecule has 0 saturated carbocycles. The van der Waals surface area contributed by atoms with Crippen LogP contribution < -0.4 is 0 Å². The molecule has 1 fully saturated rings. The standard InChI is InChI=1S/C18H20N2O6S/c1-3-5-11-19(10-4-2)17(21)14-8-12-20(13-9-14)27(24,25)16-7-6-15(26-16)18(22)23/h2,6-7,14H,8-13H2,1H3,(H,22,23). The van der Waals surface area contributed by atoms with Gasteiger partial charge in [0, 0.05) is 19.0 Å². The molecule has 0 unspecified atom stereocenters. The first-order valence-electron chi connectivity index (χ1n) is 8.26. The van der Waals surface area contributed by atoms with Crippen molar-refractivity contribution in [3.05, 3.63) is 17.9 Å². The van der Waals surface area contributed by atoms with Crippen LogP contribution in [0.4, 0.5) is 0 Å². The van der Waals surface area contributed by atoms with Crippen molar-refractivity contribution in [2.75, 3.05) is 26.2 Å². The molecular formula is C18H20N2O6S. The van der Waals surface area contributed by atoms with E-state index < -0.39 is 26.8 Å². The number of hydrogen-bond acceptors (Lipinski definition) is 5. The summed E-state index contributed by atoms with van der Waals surface area (Å²) in [7, 11) is -3.94. The summed E-state index contributed by atoms with van der Waals surface area (Å²) in [5.41, 5.74) is 0. The van der Waals surface area contributed by atoms with Gasteiger partial charge in [0.1, 0.15) is 0 Å². The summed E-state index contributed by atoms with van der Waals surface area (Å²) in [5.74, 6) is 5.70. The molecule has 1 saturated heterocycles. The third-order valence-electron chi connectivity index (χ3n) is 4.23. The Morgan fingerprint density at radius 2 is 2.00 bits per heavy atom. The second-order valence-corrected chi connectivity index (χ2v) is 7.80. The summed E-state index contributed by atoms with van der Waals surface area (Å²) >= 11 is 0. The van der Waals surface area contributed by atoms with E-state index in [0.717, 1.165) is 12.1 Å². The van der Waals surface area contributed by atoms with Gasteiger partial charge in [-0.05, 0) is 31.9 Å². The van der Waals surface area contributed by atoms with Crippen LogP contribution in [0.15, 0.2) is 21.6 Å². The molecule has 1 aliphatic rings. The van der Waals surface area contributed by atoms with E-state index in [1.807, 2.05) is 0 Å². The van der Waals surface area contributed by atoms with Gasteiger partial charge < -0.3 is 14.4 Å². The summed E-state index contributed by atoms with van der Waals surface area (Å²) in [4.78, 5) is 25.0. The average Bonchev–Trinajstić information content (AvgIpc) is 3.16. The van der Waals surface area contributed by atoms with Gasteiger partial charge in [0.05, 0.1) is 13.1 Å². The van der Waals surface area contributed by atoms with Gasteiger partial charge >= 0.3 is 5.97 Å². The molecule has 0 aromatic carbocycles. The highest BCUT2D eigenvalue weighted by atomic mass is 32.2. The number of hydrogen-bond donors (Lipinski definition) is 1. The zero-order valence-corrected chi connectivity index (χ0v) is 15.7. The molecule has 2 heterocycles. The first-order chi connectivity index (χ1) is 12.8. The lowest BCUT2D eigenvalue weighted by atomic mass is 9.96. The molecule has 27 heavy (non-hydrogen) atoms. The Bertz CT molecular complexity index is 908. The molecule has 144 valence electrons. The van der Waals surface area contributed by atoms with Crippen molar-refractivity contribution in [1.29, 1.82) is 0 Å². The maximum absolute atomic E-state index is 12.6. The maximum atomic E-state index is 12.6. The predicted molar refractivity (Wildman–Crippen MR) is 96.0 cm³/mol. The molecule has 0 aliphatic carbocycles. The van der Waals surface area contributed by atoms with Crippen LogP contribution in [-0.2, 0) is 14.8 Å². The Balaban J connectivity index is 2.04. The van der Waals surface area contributed by atoms with Gasteiger partial charge in [0.15, 0.2) is 0 Å². The predicted octanol–water partition coefficient (Wildman–Crippen LogP) is 0.864. The van der Waals surface area contributed by atoms with Crippen LogP contribution >= 0.6 is 0 Å². The summed E-state index contributed by atoms with van der Waals surface area (Å²) in [6, 6.07) is 2.21. The minimum absolute atomic E-state index is 0.130. The molecule has 0 bridgehead atoms. The molecule has 2 rings (SSSR count). The molecule has 0 spiro atoms. The number of carboxylic acids is 1. The minimum atomic E-state index is -3.94. The molecule has 1 aliphatic heterocycles. The van der Waals surface area contributed by atoms with Crippen LogP contribution in [0.5, 0.6) is 0 Å². The fourth-order valence-corrected chi connectivity index (χ4v) is 4.18. The second kappa shape index (κ2) is 8.76. The van der Waals surface area contributed by atoms with E-state index in [1.165, 1.54) is 9.21 Å². The lowest BCUT2D eigenvalue weighted by Gasteiger charge is -2.32. The number of aromatic carboxylic acids is 1. The third-order valence-corrected chi connectivity index (χ3v) is 6.00. The van der Waals surface area contributed by atoms with Crippen LogP contribution in [0.3, 0.4) is 0 Å². The fraction of sp³-hybridized carbons (Fsp3) is 0.444. The lowest BCUT2D eigenvalue weighted by Crippen LogP contribution is -2.44. The maximum Gasteiger partial charge on any atom is 0.371 e. The van der Waals surface area contributed by atoms with Crippen molar-refractivity contribution in [3.63, 3.8) is 0 Å². The van der Waals surface area contributed by atoms with Crippen LogP contribution in [0.2, 0.25) is 0 Å². The van der Waals surface area contributed by atoms with Gasteiger partial charge in [-0.2, -0.15) is 4.31 Å². The molecule has 1 amide bonds. The Kier molecular flexibility index (Phi) is 6.67. The number of rotatable bonds is 6. The number of furan rings is 1. The molecule has 8 nitrogen and oxygen atoms in total. The van der Waals surface area contributed by atoms with Crippen LogP contribution in [0.25, 0.3) is 0 Å². The van der Waals surface area contributed by atoms with E-state index >= 15 is 0 Å². The topological polar surface area (TPSA) is 108 Å². The van der Waals surface area contributed by atoms with Crippen molar-refractivity contribution >= 4 is 21.9 Å². The van der Waals surface area contributed by atoms with Crippen molar-refractivity contribution in [3.8, 4) is 24.2 Å². The Morgan fingerprint density at radius 3 is 2.52 bits per heavy atom. The third kappa shape index (κ3) is 4.70. The number of piperidine rings is 1. The number of carboxylic acid groups (broad SMARTS) is 1. The highest BCUT2D eigenvalue weighted by molar-refractivity contribution is 7.89. The van der Waals surface area contributed by atoms with E-state index in [2.05, 4.69) is 17.8 Å². The smallest absolute Gasteiger partial charge is 0.371 e. The van der Waals surface area contributed by atoms with Crippen molar-refractivity contribution < 1.29 is 27.5 Å².